The Hall–Kier alpha value is -1.33. The standard InChI is InChI=1S/C22H35NO4/c1-23(2)15-19-13-14-20(27-19)16-26-21(24)22(25,17-9-5-3-6-10-17)18-11-7-4-8-12-18/h13-14,17-18,25H,3-12,15-16H2,1-2H3. The molecule has 0 amide bonds. The van der Waals surface area contributed by atoms with Crippen LogP contribution in [0.25, 0.3) is 0 Å². The fraction of sp³-hybridized carbons (Fsp3) is 0.773. The van der Waals surface area contributed by atoms with Crippen LogP contribution in [0.15, 0.2) is 16.5 Å². The van der Waals surface area contributed by atoms with Crippen molar-refractivity contribution in [1.29, 1.82) is 0 Å². The molecule has 1 aromatic heterocycles. The number of rotatable bonds is 7. The SMILES string of the molecule is CN(C)Cc1ccc(COC(=O)C(O)(C2CCCCC2)C2CCCCC2)o1. The van der Waals surface area contributed by atoms with Crippen LogP contribution in [0.5, 0.6) is 0 Å². The number of furan rings is 1. The summed E-state index contributed by atoms with van der Waals surface area (Å²) in [6.45, 7) is 0.802. The molecule has 1 heterocycles. The Bertz CT molecular complexity index is 579. The van der Waals surface area contributed by atoms with Crippen LogP contribution < -0.4 is 0 Å². The van der Waals surface area contributed by atoms with Gasteiger partial charge in [0.15, 0.2) is 5.60 Å². The van der Waals surface area contributed by atoms with Crippen molar-refractivity contribution in [2.24, 2.45) is 11.8 Å². The molecule has 0 radical (unpaired) electrons. The minimum absolute atomic E-state index is 0.0303. The molecule has 1 N–H and O–H groups in total. The number of ether oxygens (including phenoxy) is 1. The van der Waals surface area contributed by atoms with E-state index in [1.165, 1.54) is 12.8 Å². The Balaban J connectivity index is 1.67. The second kappa shape index (κ2) is 9.24. The Labute approximate surface area is 163 Å². The monoisotopic (exact) mass is 377 g/mol. The maximum Gasteiger partial charge on any atom is 0.339 e. The molecule has 0 aromatic carbocycles. The van der Waals surface area contributed by atoms with Crippen molar-refractivity contribution in [3.05, 3.63) is 23.7 Å². The highest BCUT2D eigenvalue weighted by molar-refractivity contribution is 5.80. The zero-order valence-corrected chi connectivity index (χ0v) is 16.9. The average Bonchev–Trinajstić information content (AvgIpc) is 3.13. The van der Waals surface area contributed by atoms with E-state index in [0.717, 1.165) is 57.1 Å². The van der Waals surface area contributed by atoms with Crippen LogP contribution in [0.1, 0.15) is 75.7 Å². The number of hydrogen-bond donors (Lipinski definition) is 1. The summed E-state index contributed by atoms with van der Waals surface area (Å²) in [5.41, 5.74) is -1.33. The molecule has 0 saturated heterocycles. The van der Waals surface area contributed by atoms with Gasteiger partial charge in [-0.1, -0.05) is 38.5 Å². The third kappa shape index (κ3) is 4.94. The smallest absolute Gasteiger partial charge is 0.339 e. The summed E-state index contributed by atoms with van der Waals surface area (Å²) in [5, 5.41) is 11.6. The van der Waals surface area contributed by atoms with Crippen molar-refractivity contribution in [1.82, 2.24) is 4.90 Å². The van der Waals surface area contributed by atoms with E-state index in [1.807, 2.05) is 31.1 Å². The zero-order chi connectivity index (χ0) is 19.3. The third-order valence-electron chi connectivity index (χ3n) is 6.32. The number of hydrogen-bond acceptors (Lipinski definition) is 5. The molecular weight excluding hydrogens is 342 g/mol. The lowest BCUT2D eigenvalue weighted by molar-refractivity contribution is -0.186. The van der Waals surface area contributed by atoms with Crippen molar-refractivity contribution < 1.29 is 19.1 Å². The highest BCUT2D eigenvalue weighted by Crippen LogP contribution is 2.43. The summed E-state index contributed by atoms with van der Waals surface area (Å²) in [7, 11) is 3.97. The van der Waals surface area contributed by atoms with E-state index in [0.29, 0.717) is 12.3 Å². The minimum atomic E-state index is -1.33. The molecule has 5 heteroatoms. The van der Waals surface area contributed by atoms with E-state index in [4.69, 9.17) is 9.15 Å². The van der Waals surface area contributed by atoms with Gasteiger partial charge in [-0.2, -0.15) is 0 Å². The van der Waals surface area contributed by atoms with Crippen molar-refractivity contribution in [3.63, 3.8) is 0 Å². The molecule has 0 atom stereocenters. The molecule has 0 aliphatic heterocycles. The van der Waals surface area contributed by atoms with Gasteiger partial charge in [-0.15, -0.1) is 0 Å². The molecule has 2 fully saturated rings. The number of aliphatic hydroxyl groups is 1. The summed E-state index contributed by atoms with van der Waals surface area (Å²) in [4.78, 5) is 15.1. The molecule has 1 aromatic rings. The highest BCUT2D eigenvalue weighted by Gasteiger charge is 2.51. The van der Waals surface area contributed by atoms with E-state index >= 15 is 0 Å². The predicted molar refractivity (Wildman–Crippen MR) is 104 cm³/mol. The lowest BCUT2D eigenvalue weighted by Crippen LogP contribution is -2.54. The summed E-state index contributed by atoms with van der Waals surface area (Å²) in [5.74, 6) is 1.10. The first-order valence-corrected chi connectivity index (χ1v) is 10.6. The van der Waals surface area contributed by atoms with Gasteiger partial charge in [-0.05, 0) is 63.7 Å². The summed E-state index contributed by atoms with van der Waals surface area (Å²) < 4.78 is 11.4. The number of carbonyl (C=O) groups excluding carboxylic acids is 1. The molecule has 2 saturated carbocycles. The fourth-order valence-electron chi connectivity index (χ4n) is 4.90. The first-order chi connectivity index (χ1) is 13.0. The Morgan fingerprint density at radius 1 is 1.04 bits per heavy atom. The molecule has 2 aliphatic carbocycles. The maximum absolute atomic E-state index is 13.1. The molecule has 3 rings (SSSR count). The lowest BCUT2D eigenvalue weighted by atomic mass is 9.66. The maximum atomic E-state index is 13.1. The predicted octanol–water partition coefficient (Wildman–Crippen LogP) is 4.28. The van der Waals surface area contributed by atoms with Gasteiger partial charge >= 0.3 is 5.97 Å². The van der Waals surface area contributed by atoms with Crippen LogP contribution in [0.2, 0.25) is 0 Å². The quantitative estimate of drug-likeness (QED) is 0.719. The molecule has 152 valence electrons. The molecular formula is C22H35NO4. The van der Waals surface area contributed by atoms with Crippen LogP contribution in [-0.2, 0) is 22.7 Å². The van der Waals surface area contributed by atoms with Crippen molar-refractivity contribution in [3.8, 4) is 0 Å². The number of esters is 1. The summed E-state index contributed by atoms with van der Waals surface area (Å²) in [6.07, 6.45) is 10.5. The van der Waals surface area contributed by atoms with Crippen LogP contribution in [0.4, 0.5) is 0 Å². The van der Waals surface area contributed by atoms with E-state index in [-0.39, 0.29) is 18.4 Å². The first-order valence-electron chi connectivity index (χ1n) is 10.6. The molecule has 0 bridgehead atoms. The Kier molecular flexibility index (Phi) is 6.99. The Morgan fingerprint density at radius 3 is 2.07 bits per heavy atom. The molecule has 0 unspecified atom stereocenters. The van der Waals surface area contributed by atoms with Gasteiger partial charge in [-0.25, -0.2) is 4.79 Å². The van der Waals surface area contributed by atoms with Crippen LogP contribution in [-0.4, -0.2) is 35.7 Å². The van der Waals surface area contributed by atoms with Gasteiger partial charge in [0.25, 0.3) is 0 Å². The highest BCUT2D eigenvalue weighted by atomic mass is 16.6. The molecule has 5 nitrogen and oxygen atoms in total. The normalized spacial score (nSPS) is 20.1. The van der Waals surface area contributed by atoms with E-state index in [1.54, 1.807) is 0 Å². The van der Waals surface area contributed by atoms with Gasteiger partial charge in [0, 0.05) is 0 Å². The third-order valence-corrected chi connectivity index (χ3v) is 6.32. The van der Waals surface area contributed by atoms with Crippen molar-refractivity contribution in [2.75, 3.05) is 14.1 Å². The van der Waals surface area contributed by atoms with Crippen LogP contribution >= 0.6 is 0 Å². The van der Waals surface area contributed by atoms with E-state index < -0.39 is 11.6 Å². The topological polar surface area (TPSA) is 62.9 Å². The summed E-state index contributed by atoms with van der Waals surface area (Å²) in [6, 6.07) is 3.77. The van der Waals surface area contributed by atoms with Crippen LogP contribution in [0.3, 0.4) is 0 Å². The van der Waals surface area contributed by atoms with Crippen molar-refractivity contribution in [2.45, 2.75) is 83.0 Å². The van der Waals surface area contributed by atoms with Gasteiger partial charge < -0.3 is 19.2 Å². The van der Waals surface area contributed by atoms with Crippen LogP contribution in [0, 0.1) is 11.8 Å². The zero-order valence-electron chi connectivity index (χ0n) is 16.9. The van der Waals surface area contributed by atoms with E-state index in [9.17, 15) is 9.90 Å². The minimum Gasteiger partial charge on any atom is -0.461 e. The molecule has 0 spiro atoms. The largest absolute Gasteiger partial charge is 0.461 e. The Morgan fingerprint density at radius 2 is 1.56 bits per heavy atom. The van der Waals surface area contributed by atoms with Gasteiger partial charge in [0.05, 0.1) is 6.54 Å². The van der Waals surface area contributed by atoms with Gasteiger partial charge in [-0.3, -0.25) is 0 Å². The number of carbonyl (C=O) groups is 1. The van der Waals surface area contributed by atoms with Crippen molar-refractivity contribution >= 4 is 5.97 Å². The van der Waals surface area contributed by atoms with E-state index in [2.05, 4.69) is 0 Å². The van der Waals surface area contributed by atoms with Gasteiger partial charge in [0.2, 0.25) is 0 Å². The lowest BCUT2D eigenvalue weighted by Gasteiger charge is -2.43. The average molecular weight is 378 g/mol. The molecule has 27 heavy (non-hydrogen) atoms. The second-order valence-electron chi connectivity index (χ2n) is 8.68. The fourth-order valence-corrected chi connectivity index (χ4v) is 4.90. The summed E-state index contributed by atoms with van der Waals surface area (Å²) >= 11 is 0. The first kappa shape index (κ1) is 20.4. The second-order valence-corrected chi connectivity index (χ2v) is 8.68. The number of nitrogens with zero attached hydrogens (tertiary/aromatic N) is 1. The molecule has 2 aliphatic rings. The van der Waals surface area contributed by atoms with Gasteiger partial charge in [0.1, 0.15) is 18.1 Å².